The van der Waals surface area contributed by atoms with Gasteiger partial charge in [0.15, 0.2) is 5.82 Å². The molecule has 0 bridgehead atoms. The van der Waals surface area contributed by atoms with Gasteiger partial charge in [0.25, 0.3) is 6.43 Å². The summed E-state index contributed by atoms with van der Waals surface area (Å²) in [6.45, 7) is 2.48. The third-order valence-corrected chi connectivity index (χ3v) is 4.51. The number of nitrogens with zero attached hydrogens (tertiary/aromatic N) is 5. The molecule has 3 heterocycles. The van der Waals surface area contributed by atoms with E-state index in [1.807, 2.05) is 0 Å². The quantitative estimate of drug-likeness (QED) is 0.228. The number of carbonyl (C=O) groups excluding carboxylic acids is 1. The number of hydrogen-bond acceptors (Lipinski definition) is 7. The highest BCUT2D eigenvalue weighted by Crippen LogP contribution is 2.35. The highest BCUT2D eigenvalue weighted by molar-refractivity contribution is 6.20. The molecule has 0 saturated heterocycles. The predicted octanol–water partition coefficient (Wildman–Crippen LogP) is 5.40. The molecule has 0 saturated carbocycles. The Bertz CT molecular complexity index is 1270. The third-order valence-electron chi connectivity index (χ3n) is 4.51. The summed E-state index contributed by atoms with van der Waals surface area (Å²) in [5, 5.41) is 6.25. The number of hydrogen-bond donors (Lipinski definition) is 1. The SMILES string of the molecule is CC(C)OC(=O)/C(=C/n1cnc(-c2cc(C(F)(F)F)nc(C(F)(F)F)c2)n1)c1ccc(NCC(F)F)nc1. The summed E-state index contributed by atoms with van der Waals surface area (Å²) in [5.41, 5.74) is -4.21. The minimum absolute atomic E-state index is 0.0901. The summed E-state index contributed by atoms with van der Waals surface area (Å²) in [4.78, 5) is 23.0. The lowest BCUT2D eigenvalue weighted by atomic mass is 10.1. The van der Waals surface area contributed by atoms with Gasteiger partial charge in [-0.3, -0.25) is 0 Å². The van der Waals surface area contributed by atoms with Crippen LogP contribution in [0.25, 0.3) is 23.2 Å². The summed E-state index contributed by atoms with van der Waals surface area (Å²) in [7, 11) is 0. The average Bonchev–Trinajstić information content (AvgIpc) is 3.28. The summed E-state index contributed by atoms with van der Waals surface area (Å²) in [6.07, 6.45) is -10.3. The lowest BCUT2D eigenvalue weighted by Crippen LogP contribution is -2.15. The van der Waals surface area contributed by atoms with E-state index >= 15 is 0 Å². The van der Waals surface area contributed by atoms with E-state index < -0.39 is 60.2 Å². The van der Waals surface area contributed by atoms with E-state index in [-0.39, 0.29) is 17.0 Å². The molecule has 0 fully saturated rings. The highest BCUT2D eigenvalue weighted by Gasteiger charge is 2.39. The van der Waals surface area contributed by atoms with Crippen molar-refractivity contribution in [2.45, 2.75) is 38.7 Å². The normalized spacial score (nSPS) is 12.8. The van der Waals surface area contributed by atoms with Gasteiger partial charge in [-0.25, -0.2) is 33.2 Å². The fraction of sp³-hybridized carbons (Fsp3) is 0.318. The second-order valence-electron chi connectivity index (χ2n) is 7.87. The topological polar surface area (TPSA) is 94.8 Å². The van der Waals surface area contributed by atoms with E-state index in [9.17, 15) is 39.9 Å². The predicted molar refractivity (Wildman–Crippen MR) is 117 cm³/mol. The van der Waals surface area contributed by atoms with Crippen molar-refractivity contribution in [1.29, 1.82) is 0 Å². The molecule has 3 aromatic rings. The minimum atomic E-state index is -5.17. The van der Waals surface area contributed by atoms with Gasteiger partial charge in [-0.05, 0) is 38.1 Å². The molecule has 0 amide bonds. The number of nitrogens with one attached hydrogen (secondary N) is 1. The second kappa shape index (κ2) is 11.1. The van der Waals surface area contributed by atoms with Crippen LogP contribution < -0.4 is 5.32 Å². The molecule has 38 heavy (non-hydrogen) atoms. The van der Waals surface area contributed by atoms with Crippen molar-refractivity contribution >= 4 is 23.6 Å². The van der Waals surface area contributed by atoms with Crippen molar-refractivity contribution in [2.24, 2.45) is 0 Å². The number of alkyl halides is 8. The number of anilines is 1. The first-order chi connectivity index (χ1) is 17.6. The van der Waals surface area contributed by atoms with Crippen molar-refractivity contribution in [3.8, 4) is 11.4 Å². The number of esters is 1. The van der Waals surface area contributed by atoms with E-state index in [0.29, 0.717) is 12.1 Å². The van der Waals surface area contributed by atoms with Crippen LogP contribution in [0.5, 0.6) is 0 Å². The van der Waals surface area contributed by atoms with Gasteiger partial charge in [-0.2, -0.15) is 26.3 Å². The van der Waals surface area contributed by atoms with Crippen LogP contribution in [0, 0.1) is 0 Å². The summed E-state index contributed by atoms with van der Waals surface area (Å²) in [6, 6.07) is 3.40. The minimum Gasteiger partial charge on any atom is -0.459 e. The molecule has 204 valence electrons. The van der Waals surface area contributed by atoms with Gasteiger partial charge >= 0.3 is 18.3 Å². The summed E-state index contributed by atoms with van der Waals surface area (Å²) in [5.74, 6) is -1.29. The van der Waals surface area contributed by atoms with Crippen molar-refractivity contribution in [3.63, 3.8) is 0 Å². The Morgan fingerprint density at radius 3 is 2.18 bits per heavy atom. The first-order valence-electron chi connectivity index (χ1n) is 10.6. The molecule has 3 rings (SSSR count). The van der Waals surface area contributed by atoms with Gasteiger partial charge in [0.1, 0.15) is 23.5 Å². The average molecular weight is 550 g/mol. The Morgan fingerprint density at radius 1 is 1.05 bits per heavy atom. The Morgan fingerprint density at radius 2 is 1.68 bits per heavy atom. The van der Waals surface area contributed by atoms with Crippen LogP contribution in [0.2, 0.25) is 0 Å². The lowest BCUT2D eigenvalue weighted by Gasteiger charge is -2.12. The van der Waals surface area contributed by atoms with E-state index in [2.05, 4.69) is 25.4 Å². The van der Waals surface area contributed by atoms with Crippen LogP contribution in [0.3, 0.4) is 0 Å². The molecule has 0 atom stereocenters. The molecule has 16 heteroatoms. The van der Waals surface area contributed by atoms with Crippen molar-refractivity contribution in [1.82, 2.24) is 24.7 Å². The van der Waals surface area contributed by atoms with E-state index in [1.165, 1.54) is 18.3 Å². The molecule has 8 nitrogen and oxygen atoms in total. The molecule has 0 spiro atoms. The van der Waals surface area contributed by atoms with Crippen molar-refractivity contribution in [3.05, 3.63) is 53.7 Å². The summed E-state index contributed by atoms with van der Waals surface area (Å²) < 4.78 is 110. The Labute approximate surface area is 209 Å². The van der Waals surface area contributed by atoms with Gasteiger partial charge in [0.2, 0.25) is 0 Å². The summed E-state index contributed by atoms with van der Waals surface area (Å²) >= 11 is 0. The number of halogens is 8. The Kier molecular flexibility index (Phi) is 8.31. The van der Waals surface area contributed by atoms with Crippen LogP contribution in [-0.2, 0) is 21.9 Å². The first-order valence-corrected chi connectivity index (χ1v) is 10.6. The van der Waals surface area contributed by atoms with Gasteiger partial charge in [-0.15, -0.1) is 5.10 Å². The molecule has 1 N–H and O–H groups in total. The van der Waals surface area contributed by atoms with Crippen LogP contribution in [-0.4, -0.2) is 49.8 Å². The van der Waals surface area contributed by atoms with Gasteiger partial charge in [-0.1, -0.05) is 0 Å². The number of carbonyl (C=O) groups is 1. The van der Waals surface area contributed by atoms with Crippen molar-refractivity contribution < 1.29 is 44.7 Å². The van der Waals surface area contributed by atoms with Crippen LogP contribution >= 0.6 is 0 Å². The first kappa shape index (κ1) is 28.5. The van der Waals surface area contributed by atoms with Gasteiger partial charge in [0, 0.05) is 23.5 Å². The maximum atomic E-state index is 13.1. The number of pyridine rings is 2. The Hall–Kier alpha value is -4.11. The smallest absolute Gasteiger partial charge is 0.433 e. The fourth-order valence-corrected chi connectivity index (χ4v) is 2.91. The Balaban J connectivity index is 2.01. The molecule has 0 aromatic carbocycles. The molecular weight excluding hydrogens is 532 g/mol. The fourth-order valence-electron chi connectivity index (χ4n) is 2.91. The number of ether oxygens (including phenoxy) is 1. The lowest BCUT2D eigenvalue weighted by molar-refractivity contribution is -0.150. The largest absolute Gasteiger partial charge is 0.459 e. The van der Waals surface area contributed by atoms with E-state index in [0.717, 1.165) is 17.2 Å². The van der Waals surface area contributed by atoms with Crippen molar-refractivity contribution in [2.75, 3.05) is 11.9 Å². The zero-order chi connectivity index (χ0) is 28.3. The highest BCUT2D eigenvalue weighted by atomic mass is 19.4. The molecule has 0 unspecified atom stereocenters. The van der Waals surface area contributed by atoms with E-state index in [1.54, 1.807) is 13.8 Å². The maximum Gasteiger partial charge on any atom is 0.433 e. The van der Waals surface area contributed by atoms with E-state index in [4.69, 9.17) is 4.74 Å². The maximum absolute atomic E-state index is 13.1. The standard InChI is InChI=1S/C22H18F8N6O2/c1-11(2)38-20(37)14(12-3-4-18(31-7-12)32-8-17(23)24)9-36-10-33-19(35-36)13-5-15(21(25,26)27)34-16(6-13)22(28,29)30/h3-7,9-11,17H,8H2,1-2H3,(H,31,32)/b14-9+. The molecular formula is C22H18F8N6O2. The molecule has 0 aliphatic rings. The second-order valence-corrected chi connectivity index (χ2v) is 7.87. The van der Waals surface area contributed by atoms with Gasteiger partial charge in [0.05, 0.1) is 18.2 Å². The number of aromatic nitrogens is 5. The molecule has 0 radical (unpaired) electrons. The molecule has 0 aliphatic heterocycles. The van der Waals surface area contributed by atoms with Crippen LogP contribution in [0.15, 0.2) is 36.8 Å². The third kappa shape index (κ3) is 7.45. The zero-order valence-corrected chi connectivity index (χ0v) is 19.5. The van der Waals surface area contributed by atoms with Crippen LogP contribution in [0.4, 0.5) is 40.9 Å². The van der Waals surface area contributed by atoms with Gasteiger partial charge < -0.3 is 10.1 Å². The number of rotatable bonds is 8. The molecule has 0 aliphatic carbocycles. The zero-order valence-electron chi connectivity index (χ0n) is 19.5. The molecule has 3 aromatic heterocycles. The monoisotopic (exact) mass is 550 g/mol. The van der Waals surface area contributed by atoms with Crippen LogP contribution in [0.1, 0.15) is 30.8 Å².